The van der Waals surface area contributed by atoms with E-state index in [0.29, 0.717) is 24.1 Å². The van der Waals surface area contributed by atoms with Gasteiger partial charge in [0.15, 0.2) is 11.0 Å². The highest BCUT2D eigenvalue weighted by atomic mass is 35.5. The highest BCUT2D eigenvalue weighted by Crippen LogP contribution is 2.24. The number of rotatable bonds is 3. The van der Waals surface area contributed by atoms with Crippen molar-refractivity contribution in [2.24, 2.45) is 0 Å². The Bertz CT molecular complexity index is 791. The molecule has 0 saturated carbocycles. The predicted octanol–water partition coefficient (Wildman–Crippen LogP) is 4.48. The van der Waals surface area contributed by atoms with Crippen molar-refractivity contribution >= 4 is 34.5 Å². The van der Waals surface area contributed by atoms with Gasteiger partial charge >= 0.3 is 6.09 Å². The molecule has 1 N–H and O–H groups in total. The molecule has 1 aliphatic rings. The molecule has 1 aromatic carbocycles. The van der Waals surface area contributed by atoms with Crippen molar-refractivity contribution in [3.05, 3.63) is 29.4 Å². The Labute approximate surface area is 158 Å². The molecule has 1 aliphatic heterocycles. The second-order valence-electron chi connectivity index (χ2n) is 7.56. The first-order valence-corrected chi connectivity index (χ1v) is 9.37. The lowest BCUT2D eigenvalue weighted by atomic mass is 10.0. The summed E-state index contributed by atoms with van der Waals surface area (Å²) in [5, 5.41) is 3.60. The second kappa shape index (κ2) is 7.66. The van der Waals surface area contributed by atoms with Crippen LogP contribution in [0.5, 0.6) is 0 Å². The van der Waals surface area contributed by atoms with E-state index in [1.54, 1.807) is 0 Å². The number of para-hydroxylation sites is 2. The first-order valence-electron chi connectivity index (χ1n) is 8.99. The van der Waals surface area contributed by atoms with E-state index in [9.17, 15) is 4.79 Å². The van der Waals surface area contributed by atoms with Crippen LogP contribution in [0.15, 0.2) is 24.3 Å². The van der Waals surface area contributed by atoms with E-state index < -0.39 is 5.60 Å². The number of nitrogens with one attached hydrogen (secondary N) is 1. The summed E-state index contributed by atoms with van der Waals surface area (Å²) >= 11 is 6.27. The fourth-order valence-electron chi connectivity index (χ4n) is 3.08. The summed E-state index contributed by atoms with van der Waals surface area (Å²) in [6.45, 7) is 6.91. The normalized spacial score (nSPS) is 18.0. The Morgan fingerprint density at radius 3 is 2.65 bits per heavy atom. The molecule has 1 amide bonds. The number of fused-ring (bicyclic) bond motifs is 1. The summed E-state index contributed by atoms with van der Waals surface area (Å²) < 4.78 is 5.55. The summed E-state index contributed by atoms with van der Waals surface area (Å²) in [6.07, 6.45) is 2.74. The quantitative estimate of drug-likeness (QED) is 0.855. The Hall–Kier alpha value is -2.08. The number of amides is 1. The van der Waals surface area contributed by atoms with Gasteiger partial charge in [0.05, 0.1) is 17.1 Å². The highest BCUT2D eigenvalue weighted by Gasteiger charge is 2.30. The van der Waals surface area contributed by atoms with Gasteiger partial charge in [-0.3, -0.25) is 0 Å². The minimum absolute atomic E-state index is 0.0444. The number of piperidine rings is 1. The topological polar surface area (TPSA) is 67.3 Å². The maximum Gasteiger partial charge on any atom is 0.410 e. The lowest BCUT2D eigenvalue weighted by Gasteiger charge is -2.36. The molecule has 0 radical (unpaired) electrons. The van der Waals surface area contributed by atoms with Gasteiger partial charge < -0.3 is 15.0 Å². The maximum atomic E-state index is 12.5. The van der Waals surface area contributed by atoms with Crippen molar-refractivity contribution in [3.63, 3.8) is 0 Å². The summed E-state index contributed by atoms with van der Waals surface area (Å²) in [7, 11) is 0. The number of carbonyl (C=O) groups is 1. The molecule has 3 rings (SSSR count). The van der Waals surface area contributed by atoms with Crippen LogP contribution in [0.3, 0.4) is 0 Å². The minimum Gasteiger partial charge on any atom is -0.444 e. The monoisotopic (exact) mass is 376 g/mol. The third kappa shape index (κ3) is 4.55. The molecule has 1 unspecified atom stereocenters. The van der Waals surface area contributed by atoms with Crippen LogP contribution in [0.25, 0.3) is 11.0 Å². The molecule has 26 heavy (non-hydrogen) atoms. The molecule has 0 bridgehead atoms. The van der Waals surface area contributed by atoms with Crippen molar-refractivity contribution < 1.29 is 9.53 Å². The molecular formula is C19H25ClN4O2. The van der Waals surface area contributed by atoms with E-state index in [-0.39, 0.29) is 12.1 Å². The van der Waals surface area contributed by atoms with Gasteiger partial charge in [0.25, 0.3) is 0 Å². The molecule has 7 heteroatoms. The van der Waals surface area contributed by atoms with Crippen LogP contribution in [0.2, 0.25) is 5.15 Å². The summed E-state index contributed by atoms with van der Waals surface area (Å²) in [5.74, 6) is 0.542. The van der Waals surface area contributed by atoms with E-state index >= 15 is 0 Å². The van der Waals surface area contributed by atoms with Crippen molar-refractivity contribution in [3.8, 4) is 0 Å². The zero-order valence-electron chi connectivity index (χ0n) is 15.5. The van der Waals surface area contributed by atoms with Crippen LogP contribution in [-0.4, -0.2) is 45.7 Å². The van der Waals surface area contributed by atoms with Gasteiger partial charge in [0, 0.05) is 13.1 Å². The Kier molecular flexibility index (Phi) is 5.51. The first-order chi connectivity index (χ1) is 12.3. The predicted molar refractivity (Wildman–Crippen MR) is 104 cm³/mol. The molecule has 2 aromatic rings. The van der Waals surface area contributed by atoms with Crippen LogP contribution in [0, 0.1) is 0 Å². The number of likely N-dealkylation sites (tertiary alicyclic amines) is 1. The van der Waals surface area contributed by atoms with Crippen LogP contribution in [0.1, 0.15) is 40.0 Å². The fraction of sp³-hybridized carbons (Fsp3) is 0.526. The number of halogens is 1. The number of nitrogens with zero attached hydrogens (tertiary/aromatic N) is 3. The van der Waals surface area contributed by atoms with E-state index in [1.807, 2.05) is 49.9 Å². The highest BCUT2D eigenvalue weighted by molar-refractivity contribution is 6.32. The Morgan fingerprint density at radius 2 is 1.96 bits per heavy atom. The van der Waals surface area contributed by atoms with E-state index in [2.05, 4.69) is 15.3 Å². The lowest BCUT2D eigenvalue weighted by Crippen LogP contribution is -2.49. The average molecular weight is 377 g/mol. The molecule has 1 fully saturated rings. The zero-order chi connectivity index (χ0) is 18.7. The van der Waals surface area contributed by atoms with Crippen molar-refractivity contribution in [2.75, 3.05) is 18.4 Å². The second-order valence-corrected chi connectivity index (χ2v) is 7.91. The standard InChI is InChI=1S/C19H25ClN4O2/c1-19(2,3)26-18(25)24-11-7-6-8-13(24)12-21-17-16(20)22-14-9-4-5-10-15(14)23-17/h4-5,9-10,13H,6-8,11-12H2,1-3H3,(H,21,23). The third-order valence-corrected chi connectivity index (χ3v) is 4.55. The van der Waals surface area contributed by atoms with Gasteiger partial charge in [-0.2, -0.15) is 0 Å². The van der Waals surface area contributed by atoms with Gasteiger partial charge in [-0.25, -0.2) is 14.8 Å². The average Bonchev–Trinajstić information content (AvgIpc) is 2.58. The van der Waals surface area contributed by atoms with Gasteiger partial charge in [0.2, 0.25) is 0 Å². The van der Waals surface area contributed by atoms with E-state index in [1.165, 1.54) is 0 Å². The van der Waals surface area contributed by atoms with E-state index in [4.69, 9.17) is 16.3 Å². The minimum atomic E-state index is -0.500. The lowest BCUT2D eigenvalue weighted by molar-refractivity contribution is 0.0114. The molecule has 1 atom stereocenters. The molecule has 0 aliphatic carbocycles. The Balaban J connectivity index is 1.70. The van der Waals surface area contributed by atoms with Crippen LogP contribution >= 0.6 is 11.6 Å². The molecule has 6 nitrogen and oxygen atoms in total. The van der Waals surface area contributed by atoms with Gasteiger partial charge in [-0.15, -0.1) is 0 Å². The molecule has 2 heterocycles. The first kappa shape index (κ1) is 18.7. The molecule has 1 aromatic heterocycles. The summed E-state index contributed by atoms with van der Waals surface area (Å²) in [6, 6.07) is 7.64. The zero-order valence-corrected chi connectivity index (χ0v) is 16.2. The smallest absolute Gasteiger partial charge is 0.410 e. The summed E-state index contributed by atoms with van der Waals surface area (Å²) in [4.78, 5) is 23.2. The third-order valence-electron chi connectivity index (χ3n) is 4.29. The van der Waals surface area contributed by atoms with Crippen LogP contribution < -0.4 is 5.32 Å². The van der Waals surface area contributed by atoms with Crippen molar-refractivity contribution in [1.82, 2.24) is 14.9 Å². The number of ether oxygens (including phenoxy) is 1. The number of anilines is 1. The van der Waals surface area contributed by atoms with Gasteiger partial charge in [0.1, 0.15) is 5.60 Å². The fourth-order valence-corrected chi connectivity index (χ4v) is 3.28. The maximum absolute atomic E-state index is 12.5. The number of hydrogen-bond donors (Lipinski definition) is 1. The van der Waals surface area contributed by atoms with Gasteiger partial charge in [-0.05, 0) is 52.2 Å². The van der Waals surface area contributed by atoms with E-state index in [0.717, 1.165) is 30.3 Å². The largest absolute Gasteiger partial charge is 0.444 e. The SMILES string of the molecule is CC(C)(C)OC(=O)N1CCCCC1CNc1nc2ccccc2nc1Cl. The van der Waals surface area contributed by atoms with Crippen LogP contribution in [0.4, 0.5) is 10.6 Å². The summed E-state index contributed by atoms with van der Waals surface area (Å²) in [5.41, 5.74) is 1.04. The molecule has 140 valence electrons. The molecule has 1 saturated heterocycles. The number of hydrogen-bond acceptors (Lipinski definition) is 5. The van der Waals surface area contributed by atoms with Crippen molar-refractivity contribution in [1.29, 1.82) is 0 Å². The van der Waals surface area contributed by atoms with Gasteiger partial charge in [-0.1, -0.05) is 23.7 Å². The van der Waals surface area contributed by atoms with Crippen LogP contribution in [-0.2, 0) is 4.74 Å². The Morgan fingerprint density at radius 1 is 1.27 bits per heavy atom. The van der Waals surface area contributed by atoms with Crippen molar-refractivity contribution in [2.45, 2.75) is 51.7 Å². The number of carbonyl (C=O) groups excluding carboxylic acids is 1. The number of aromatic nitrogens is 2. The molecular weight excluding hydrogens is 352 g/mol. The number of benzene rings is 1. The molecule has 0 spiro atoms.